The minimum absolute atomic E-state index is 0.00633. The molecule has 128 valence electrons. The van der Waals surface area contributed by atoms with E-state index >= 15 is 0 Å². The number of hydrogen-bond acceptors (Lipinski definition) is 9. The number of thioether (sulfide) groups is 1. The van der Waals surface area contributed by atoms with Gasteiger partial charge in [-0.25, -0.2) is 9.59 Å². The number of hydrogen-bond donors (Lipinski definition) is 1. The molecule has 0 aliphatic heterocycles. The van der Waals surface area contributed by atoms with Crippen molar-refractivity contribution in [2.45, 2.75) is 12.6 Å². The summed E-state index contributed by atoms with van der Waals surface area (Å²) >= 11 is 0.719. The van der Waals surface area contributed by atoms with Gasteiger partial charge in [-0.05, 0) is 11.8 Å². The highest BCUT2D eigenvalue weighted by molar-refractivity contribution is 8.13. The zero-order valence-electron chi connectivity index (χ0n) is 12.7. The third kappa shape index (κ3) is 4.74. The van der Waals surface area contributed by atoms with Crippen LogP contribution in [0.2, 0.25) is 0 Å². The van der Waals surface area contributed by atoms with Crippen LogP contribution in [-0.2, 0) is 20.9 Å². The van der Waals surface area contributed by atoms with Gasteiger partial charge in [-0.2, -0.15) is 0 Å². The summed E-state index contributed by atoms with van der Waals surface area (Å²) in [5, 5.41) is -0.669. The van der Waals surface area contributed by atoms with E-state index in [2.05, 4.69) is 4.74 Å². The first-order valence-corrected chi connectivity index (χ1v) is 7.81. The summed E-state index contributed by atoms with van der Waals surface area (Å²) in [6.07, 6.45) is 0. The number of ether oxygens (including phenoxy) is 2. The number of carbonyl (C=O) groups excluding carboxylic acids is 2. The highest BCUT2D eigenvalue weighted by Gasteiger charge is 2.19. The van der Waals surface area contributed by atoms with Gasteiger partial charge in [-0.15, -0.1) is 0 Å². The Morgan fingerprint density at radius 3 is 2.62 bits per heavy atom. The standard InChI is InChI=1S/C15H15NO7S/c1-20-13(17)10(16)8-24-15(19)21-7-11-12(23-14(18)22-11)9-5-3-2-4-6-9/h2-6,10H,7-8,16H2,1H3/t10-/m0/s1. The summed E-state index contributed by atoms with van der Waals surface area (Å²) in [5.41, 5.74) is 6.13. The second-order valence-electron chi connectivity index (χ2n) is 4.55. The third-order valence-electron chi connectivity index (χ3n) is 2.89. The molecular formula is C15H15NO7S. The molecule has 1 atom stereocenters. The lowest BCUT2D eigenvalue weighted by Crippen LogP contribution is -2.34. The number of benzene rings is 1. The molecule has 0 aliphatic carbocycles. The number of esters is 1. The van der Waals surface area contributed by atoms with Gasteiger partial charge in [-0.1, -0.05) is 30.3 Å². The lowest BCUT2D eigenvalue weighted by atomic mass is 10.1. The van der Waals surface area contributed by atoms with Crippen LogP contribution in [0.15, 0.2) is 44.0 Å². The molecule has 2 rings (SSSR count). The molecule has 0 aliphatic rings. The fraction of sp³-hybridized carbons (Fsp3) is 0.267. The van der Waals surface area contributed by atoms with Crippen LogP contribution in [0.25, 0.3) is 11.3 Å². The van der Waals surface area contributed by atoms with Crippen molar-refractivity contribution in [1.29, 1.82) is 0 Å². The maximum Gasteiger partial charge on any atom is 0.519 e. The molecule has 2 N–H and O–H groups in total. The predicted octanol–water partition coefficient (Wildman–Crippen LogP) is 1.77. The van der Waals surface area contributed by atoms with Crippen molar-refractivity contribution in [3.8, 4) is 11.3 Å². The smallest absolute Gasteiger partial charge is 0.468 e. The molecule has 1 aromatic heterocycles. The molecule has 0 unspecified atom stereocenters. The van der Waals surface area contributed by atoms with E-state index in [1.807, 2.05) is 6.07 Å². The second-order valence-corrected chi connectivity index (χ2v) is 5.51. The van der Waals surface area contributed by atoms with Gasteiger partial charge in [0.1, 0.15) is 6.04 Å². The van der Waals surface area contributed by atoms with Gasteiger partial charge in [0.2, 0.25) is 0 Å². The van der Waals surface area contributed by atoms with E-state index in [9.17, 15) is 14.4 Å². The molecule has 0 radical (unpaired) electrons. The quantitative estimate of drug-likeness (QED) is 0.774. The first-order chi connectivity index (χ1) is 11.5. The van der Waals surface area contributed by atoms with Crippen LogP contribution in [0.3, 0.4) is 0 Å². The Bertz CT molecular complexity index is 753. The number of nitrogens with two attached hydrogens (primary N) is 1. The first kappa shape index (κ1) is 17.8. The monoisotopic (exact) mass is 353 g/mol. The Balaban J connectivity index is 1.94. The van der Waals surface area contributed by atoms with Crippen LogP contribution < -0.4 is 11.6 Å². The molecule has 0 bridgehead atoms. The van der Waals surface area contributed by atoms with E-state index in [0.717, 1.165) is 11.8 Å². The SMILES string of the molecule is COC(=O)[C@@H](N)CSC(=O)OCc1oc(=O)oc1-c1ccccc1. The first-order valence-electron chi connectivity index (χ1n) is 6.82. The highest BCUT2D eigenvalue weighted by atomic mass is 32.2. The average molecular weight is 353 g/mol. The number of methoxy groups -OCH3 is 1. The van der Waals surface area contributed by atoms with Crippen molar-refractivity contribution in [2.24, 2.45) is 5.73 Å². The molecule has 0 saturated heterocycles. The van der Waals surface area contributed by atoms with Gasteiger partial charge in [-0.3, -0.25) is 4.79 Å². The average Bonchev–Trinajstić information content (AvgIpc) is 2.98. The lowest BCUT2D eigenvalue weighted by Gasteiger charge is -2.08. The lowest BCUT2D eigenvalue weighted by molar-refractivity contribution is -0.141. The Morgan fingerprint density at radius 1 is 1.25 bits per heavy atom. The Hall–Kier alpha value is -2.52. The van der Waals surface area contributed by atoms with Crippen LogP contribution in [-0.4, -0.2) is 30.2 Å². The zero-order valence-corrected chi connectivity index (χ0v) is 13.5. The minimum atomic E-state index is -0.931. The van der Waals surface area contributed by atoms with Gasteiger partial charge >= 0.3 is 17.1 Å². The van der Waals surface area contributed by atoms with Crippen LogP contribution in [0.5, 0.6) is 0 Å². The maximum absolute atomic E-state index is 11.7. The fourth-order valence-corrected chi connectivity index (χ4v) is 2.35. The van der Waals surface area contributed by atoms with E-state index in [0.29, 0.717) is 5.56 Å². The van der Waals surface area contributed by atoms with Crippen molar-refractivity contribution in [1.82, 2.24) is 0 Å². The van der Waals surface area contributed by atoms with Gasteiger partial charge in [0.15, 0.2) is 18.1 Å². The zero-order chi connectivity index (χ0) is 17.5. The molecule has 0 fully saturated rings. The molecule has 9 heteroatoms. The van der Waals surface area contributed by atoms with E-state index in [4.69, 9.17) is 19.3 Å². The summed E-state index contributed by atoms with van der Waals surface area (Å²) in [4.78, 5) is 34.1. The normalized spacial score (nSPS) is 11.8. The van der Waals surface area contributed by atoms with Crippen LogP contribution in [0, 0.1) is 0 Å². The summed E-state index contributed by atoms with van der Waals surface area (Å²) in [6.45, 7) is -0.282. The predicted molar refractivity (Wildman–Crippen MR) is 85.3 cm³/mol. The Morgan fingerprint density at radius 2 is 1.96 bits per heavy atom. The van der Waals surface area contributed by atoms with Gasteiger partial charge in [0.05, 0.1) is 7.11 Å². The van der Waals surface area contributed by atoms with Crippen LogP contribution in [0.1, 0.15) is 5.76 Å². The summed E-state index contributed by atoms with van der Waals surface area (Å²) < 4.78 is 19.3. The second kappa shape index (κ2) is 8.37. The molecule has 1 heterocycles. The molecule has 1 aromatic carbocycles. The molecule has 0 saturated carbocycles. The molecule has 0 amide bonds. The van der Waals surface area contributed by atoms with Gasteiger partial charge < -0.3 is 24.0 Å². The summed E-state index contributed by atoms with van der Waals surface area (Å²) in [7, 11) is 1.21. The minimum Gasteiger partial charge on any atom is -0.468 e. The summed E-state index contributed by atoms with van der Waals surface area (Å²) in [5.74, 6) is -1.21. The highest BCUT2D eigenvalue weighted by Crippen LogP contribution is 2.23. The maximum atomic E-state index is 11.7. The third-order valence-corrected chi connectivity index (χ3v) is 3.77. The molecule has 0 spiro atoms. The van der Waals surface area contributed by atoms with Crippen LogP contribution >= 0.6 is 11.8 Å². The van der Waals surface area contributed by atoms with Crippen molar-refractivity contribution < 1.29 is 27.9 Å². The van der Waals surface area contributed by atoms with Crippen molar-refractivity contribution in [3.05, 3.63) is 46.7 Å². The van der Waals surface area contributed by atoms with E-state index in [-0.39, 0.29) is 23.9 Å². The number of carbonyl (C=O) groups is 2. The largest absolute Gasteiger partial charge is 0.519 e. The van der Waals surface area contributed by atoms with Crippen molar-refractivity contribution >= 4 is 23.0 Å². The molecule has 8 nitrogen and oxygen atoms in total. The van der Waals surface area contributed by atoms with E-state index in [1.54, 1.807) is 24.3 Å². The van der Waals surface area contributed by atoms with Gasteiger partial charge in [0.25, 0.3) is 0 Å². The van der Waals surface area contributed by atoms with E-state index < -0.39 is 23.1 Å². The molecule has 2 aromatic rings. The number of rotatable bonds is 6. The van der Waals surface area contributed by atoms with Crippen molar-refractivity contribution in [2.75, 3.05) is 12.9 Å². The molecular weight excluding hydrogens is 338 g/mol. The fourth-order valence-electron chi connectivity index (χ4n) is 1.76. The van der Waals surface area contributed by atoms with E-state index in [1.165, 1.54) is 7.11 Å². The van der Waals surface area contributed by atoms with Crippen molar-refractivity contribution in [3.63, 3.8) is 0 Å². The topological polar surface area (TPSA) is 122 Å². The Kier molecular flexibility index (Phi) is 6.21. The van der Waals surface area contributed by atoms with Crippen LogP contribution in [0.4, 0.5) is 4.79 Å². The summed E-state index contributed by atoms with van der Waals surface area (Å²) in [6, 6.07) is 7.86. The van der Waals surface area contributed by atoms with Gasteiger partial charge in [0, 0.05) is 11.3 Å². The molecule has 24 heavy (non-hydrogen) atoms. The Labute approximate surface area is 140 Å².